The van der Waals surface area contributed by atoms with Crippen LogP contribution in [0.2, 0.25) is 0 Å². The number of hydrogen-bond acceptors (Lipinski definition) is 2. The summed E-state index contributed by atoms with van der Waals surface area (Å²) in [6, 6.07) is 4.34. The number of halogens is 1. The number of nitrogens with one attached hydrogen (secondary N) is 2. The zero-order valence-electron chi connectivity index (χ0n) is 8.95. The van der Waals surface area contributed by atoms with Crippen LogP contribution in [0.15, 0.2) is 24.3 Å². The maximum absolute atomic E-state index is 13.1. The van der Waals surface area contributed by atoms with Crippen molar-refractivity contribution in [1.82, 2.24) is 10.2 Å². The Kier molecular flexibility index (Phi) is 3.82. The quantitative estimate of drug-likeness (QED) is 0.763. The van der Waals surface area contributed by atoms with Crippen LogP contribution in [0.5, 0.6) is 0 Å². The summed E-state index contributed by atoms with van der Waals surface area (Å²) in [5, 5.41) is 4.25. The molecule has 0 fully saturated rings. The van der Waals surface area contributed by atoms with Crippen LogP contribution in [0.1, 0.15) is 0 Å². The van der Waals surface area contributed by atoms with Crippen molar-refractivity contribution in [2.24, 2.45) is 0 Å². The number of benzene rings is 1. The van der Waals surface area contributed by atoms with Gasteiger partial charge in [0, 0.05) is 14.1 Å². The molecule has 6 heteroatoms. The number of nitrogens with zero attached hydrogens (tertiary/aromatic N) is 1. The van der Waals surface area contributed by atoms with Crippen molar-refractivity contribution in [3.05, 3.63) is 30.1 Å². The van der Waals surface area contributed by atoms with Crippen molar-refractivity contribution in [1.29, 1.82) is 0 Å². The topological polar surface area (TPSA) is 61.4 Å². The Hall–Kier alpha value is -2.11. The van der Waals surface area contributed by atoms with Crippen molar-refractivity contribution >= 4 is 17.7 Å². The lowest BCUT2D eigenvalue weighted by atomic mass is 10.3. The lowest BCUT2D eigenvalue weighted by Crippen LogP contribution is -2.41. The van der Waals surface area contributed by atoms with Gasteiger partial charge in [0.25, 0.3) is 0 Å². The molecule has 0 aliphatic heterocycles. The molecule has 0 aliphatic carbocycles. The van der Waals surface area contributed by atoms with Crippen LogP contribution >= 0.6 is 0 Å². The van der Waals surface area contributed by atoms with Gasteiger partial charge < -0.3 is 10.2 Å². The van der Waals surface area contributed by atoms with E-state index in [1.165, 1.54) is 37.2 Å². The van der Waals surface area contributed by atoms with E-state index in [0.29, 0.717) is 0 Å². The molecule has 0 saturated heterocycles. The molecule has 86 valence electrons. The minimum absolute atomic E-state index is 0.0200. The molecule has 0 bridgehead atoms. The van der Waals surface area contributed by atoms with E-state index in [-0.39, 0.29) is 5.69 Å². The van der Waals surface area contributed by atoms with Crippen LogP contribution < -0.4 is 10.6 Å². The molecular formula is C10H12FN3O2. The molecule has 0 aliphatic rings. The molecule has 4 amide bonds. The Labute approximate surface area is 92.2 Å². The first-order valence-electron chi connectivity index (χ1n) is 4.54. The Balaban J connectivity index is 2.59. The fraction of sp³-hybridized carbons (Fsp3) is 0.200. The number of carbonyl (C=O) groups excluding carboxylic acids is 2. The molecule has 16 heavy (non-hydrogen) atoms. The van der Waals surface area contributed by atoms with Gasteiger partial charge in [0.15, 0.2) is 0 Å². The van der Waals surface area contributed by atoms with Crippen molar-refractivity contribution < 1.29 is 14.0 Å². The van der Waals surface area contributed by atoms with Crippen LogP contribution in [-0.2, 0) is 0 Å². The summed E-state index contributed by atoms with van der Waals surface area (Å²) < 4.78 is 13.1. The fourth-order valence-corrected chi connectivity index (χ4v) is 0.925. The molecular weight excluding hydrogens is 213 g/mol. The summed E-state index contributed by atoms with van der Waals surface area (Å²) in [5.74, 6) is -0.560. The van der Waals surface area contributed by atoms with Crippen LogP contribution in [0.25, 0.3) is 0 Å². The zero-order chi connectivity index (χ0) is 12.1. The van der Waals surface area contributed by atoms with Crippen LogP contribution in [0, 0.1) is 5.82 Å². The van der Waals surface area contributed by atoms with Gasteiger partial charge in [0.05, 0.1) is 5.69 Å². The second-order valence-corrected chi connectivity index (χ2v) is 3.26. The Bertz CT molecular complexity index is 407. The molecule has 0 aromatic heterocycles. The molecule has 0 saturated carbocycles. The molecule has 0 spiro atoms. The number of amides is 4. The summed E-state index contributed by atoms with van der Waals surface area (Å²) in [6.45, 7) is 0. The van der Waals surface area contributed by atoms with E-state index in [1.54, 1.807) is 6.07 Å². The largest absolute Gasteiger partial charge is 0.331 e. The highest BCUT2D eigenvalue weighted by atomic mass is 19.1. The van der Waals surface area contributed by atoms with E-state index in [4.69, 9.17) is 0 Å². The van der Waals surface area contributed by atoms with E-state index in [9.17, 15) is 14.0 Å². The van der Waals surface area contributed by atoms with Gasteiger partial charge in [-0.25, -0.2) is 14.0 Å². The maximum atomic E-state index is 13.1. The predicted molar refractivity (Wildman–Crippen MR) is 57.6 cm³/mol. The van der Waals surface area contributed by atoms with E-state index in [0.717, 1.165) is 0 Å². The Morgan fingerprint density at radius 3 is 2.44 bits per heavy atom. The SMILES string of the molecule is CN(C)C(=O)NC(=O)Nc1ccccc1F. The second kappa shape index (κ2) is 5.11. The molecule has 0 heterocycles. The molecule has 1 rings (SSSR count). The number of carbonyl (C=O) groups is 2. The van der Waals surface area contributed by atoms with Crippen molar-refractivity contribution in [2.75, 3.05) is 19.4 Å². The number of imide groups is 1. The normalized spacial score (nSPS) is 9.44. The van der Waals surface area contributed by atoms with Gasteiger partial charge in [-0.15, -0.1) is 0 Å². The Morgan fingerprint density at radius 2 is 1.88 bits per heavy atom. The first kappa shape index (κ1) is 12.0. The zero-order valence-corrected chi connectivity index (χ0v) is 8.95. The van der Waals surface area contributed by atoms with E-state index < -0.39 is 17.9 Å². The molecule has 0 atom stereocenters. The molecule has 0 unspecified atom stereocenters. The average Bonchev–Trinajstić information content (AvgIpc) is 2.21. The van der Waals surface area contributed by atoms with E-state index in [2.05, 4.69) is 5.32 Å². The van der Waals surface area contributed by atoms with Crippen molar-refractivity contribution in [3.63, 3.8) is 0 Å². The summed E-state index contributed by atoms with van der Waals surface area (Å²) in [7, 11) is 2.98. The van der Waals surface area contributed by atoms with E-state index in [1.807, 2.05) is 5.32 Å². The first-order valence-corrected chi connectivity index (χ1v) is 4.54. The summed E-state index contributed by atoms with van der Waals surface area (Å²) >= 11 is 0. The standard InChI is InChI=1S/C10H12FN3O2/c1-14(2)10(16)13-9(15)12-8-6-4-3-5-7(8)11/h3-6H,1-2H3,(H2,12,13,15,16). The molecule has 5 nitrogen and oxygen atoms in total. The second-order valence-electron chi connectivity index (χ2n) is 3.26. The highest BCUT2D eigenvalue weighted by Gasteiger charge is 2.10. The van der Waals surface area contributed by atoms with Gasteiger partial charge >= 0.3 is 12.1 Å². The highest BCUT2D eigenvalue weighted by Crippen LogP contribution is 2.11. The minimum Gasteiger partial charge on any atom is -0.331 e. The lowest BCUT2D eigenvalue weighted by Gasteiger charge is -2.11. The third-order valence-electron chi connectivity index (χ3n) is 1.75. The van der Waals surface area contributed by atoms with Gasteiger partial charge in [0.2, 0.25) is 0 Å². The number of urea groups is 2. The molecule has 2 N–H and O–H groups in total. The van der Waals surface area contributed by atoms with Gasteiger partial charge in [-0.2, -0.15) is 0 Å². The first-order chi connectivity index (χ1) is 7.50. The van der Waals surface area contributed by atoms with Gasteiger partial charge in [-0.1, -0.05) is 12.1 Å². The van der Waals surface area contributed by atoms with Crippen LogP contribution in [0.4, 0.5) is 19.7 Å². The maximum Gasteiger partial charge on any atom is 0.327 e. The summed E-state index contributed by atoms with van der Waals surface area (Å²) in [5.41, 5.74) is 0.0200. The monoisotopic (exact) mass is 225 g/mol. The fourth-order valence-electron chi connectivity index (χ4n) is 0.925. The minimum atomic E-state index is -0.774. The lowest BCUT2D eigenvalue weighted by molar-refractivity contribution is 0.214. The summed E-state index contributed by atoms with van der Waals surface area (Å²) in [4.78, 5) is 23.5. The number of para-hydroxylation sites is 1. The predicted octanol–water partition coefficient (Wildman–Crippen LogP) is 1.63. The Morgan fingerprint density at radius 1 is 1.25 bits per heavy atom. The molecule has 1 aromatic carbocycles. The third-order valence-corrected chi connectivity index (χ3v) is 1.75. The van der Waals surface area contributed by atoms with Crippen LogP contribution in [0.3, 0.4) is 0 Å². The molecule has 1 aromatic rings. The summed E-state index contributed by atoms with van der Waals surface area (Å²) in [6.07, 6.45) is 0. The number of hydrogen-bond donors (Lipinski definition) is 2. The highest BCUT2D eigenvalue weighted by molar-refractivity contribution is 6.00. The van der Waals surface area contributed by atoms with Crippen LogP contribution in [-0.4, -0.2) is 31.1 Å². The number of anilines is 1. The van der Waals surface area contributed by atoms with E-state index >= 15 is 0 Å². The third kappa shape index (κ3) is 3.23. The number of rotatable bonds is 1. The van der Waals surface area contributed by atoms with Gasteiger partial charge in [-0.05, 0) is 12.1 Å². The smallest absolute Gasteiger partial charge is 0.327 e. The van der Waals surface area contributed by atoms with Crippen molar-refractivity contribution in [3.8, 4) is 0 Å². The molecule has 0 radical (unpaired) electrons. The average molecular weight is 225 g/mol. The van der Waals surface area contributed by atoms with Gasteiger partial charge in [-0.3, -0.25) is 5.32 Å². The van der Waals surface area contributed by atoms with Gasteiger partial charge in [0.1, 0.15) is 5.82 Å². The van der Waals surface area contributed by atoms with Crippen molar-refractivity contribution in [2.45, 2.75) is 0 Å².